The lowest BCUT2D eigenvalue weighted by atomic mass is 10.2. The fourth-order valence-electron chi connectivity index (χ4n) is 2.75. The summed E-state index contributed by atoms with van der Waals surface area (Å²) >= 11 is 1.20. The van der Waals surface area contributed by atoms with Crippen molar-refractivity contribution in [2.24, 2.45) is 0 Å². The Balaban J connectivity index is 1.73. The number of aromatic carboxylic acids is 1. The van der Waals surface area contributed by atoms with Crippen LogP contribution in [-0.4, -0.2) is 60.4 Å². The summed E-state index contributed by atoms with van der Waals surface area (Å²) < 4.78 is 11.3. The number of carbonyl (C=O) groups is 1. The molecule has 0 radical (unpaired) electrons. The van der Waals surface area contributed by atoms with E-state index in [4.69, 9.17) is 9.47 Å². The largest absolute Gasteiger partial charge is 0.492 e. The van der Waals surface area contributed by atoms with Gasteiger partial charge in [0.05, 0.1) is 24.5 Å². The summed E-state index contributed by atoms with van der Waals surface area (Å²) in [5.41, 5.74) is 1.47. The highest BCUT2D eigenvalue weighted by Crippen LogP contribution is 2.34. The number of hydrogen-bond donors (Lipinski definition) is 1. The lowest BCUT2D eigenvalue weighted by molar-refractivity contribution is 0.0323. The van der Waals surface area contributed by atoms with E-state index in [-0.39, 0.29) is 0 Å². The van der Waals surface area contributed by atoms with Crippen molar-refractivity contribution in [3.8, 4) is 16.3 Å². The van der Waals surface area contributed by atoms with E-state index in [1.165, 1.54) is 11.3 Å². The van der Waals surface area contributed by atoms with Gasteiger partial charge < -0.3 is 14.6 Å². The van der Waals surface area contributed by atoms with Gasteiger partial charge in [0.25, 0.3) is 0 Å². The monoisotopic (exact) mass is 362 g/mol. The Kier molecular flexibility index (Phi) is 6.01. The smallest absolute Gasteiger partial charge is 0.347 e. The first-order valence-corrected chi connectivity index (χ1v) is 9.26. The van der Waals surface area contributed by atoms with Crippen LogP contribution in [0.2, 0.25) is 0 Å². The number of aryl methyl sites for hydroxylation is 1. The molecule has 2 heterocycles. The van der Waals surface area contributed by atoms with Gasteiger partial charge in [0.1, 0.15) is 22.2 Å². The van der Waals surface area contributed by atoms with Crippen molar-refractivity contribution < 1.29 is 19.4 Å². The van der Waals surface area contributed by atoms with Crippen LogP contribution < -0.4 is 4.74 Å². The molecule has 0 atom stereocenters. The maximum Gasteiger partial charge on any atom is 0.347 e. The molecular formula is C18H22N2O4S. The third kappa shape index (κ3) is 4.36. The van der Waals surface area contributed by atoms with Crippen molar-refractivity contribution in [2.45, 2.75) is 13.3 Å². The van der Waals surface area contributed by atoms with E-state index in [9.17, 15) is 9.90 Å². The first-order chi connectivity index (χ1) is 12.2. The summed E-state index contributed by atoms with van der Waals surface area (Å²) in [6.07, 6.45) is 0.595. The zero-order valence-electron chi connectivity index (χ0n) is 14.2. The Morgan fingerprint density at radius 2 is 2.12 bits per heavy atom. The lowest BCUT2D eigenvalue weighted by Crippen LogP contribution is -2.38. The topological polar surface area (TPSA) is 71.9 Å². The Morgan fingerprint density at radius 3 is 2.80 bits per heavy atom. The van der Waals surface area contributed by atoms with Crippen molar-refractivity contribution in [1.29, 1.82) is 0 Å². The number of thiazole rings is 1. The summed E-state index contributed by atoms with van der Waals surface area (Å²) in [6.45, 7) is 6.74. The van der Waals surface area contributed by atoms with E-state index in [0.29, 0.717) is 28.6 Å². The molecule has 6 nitrogen and oxygen atoms in total. The lowest BCUT2D eigenvalue weighted by Gasteiger charge is -2.26. The molecule has 0 bridgehead atoms. The van der Waals surface area contributed by atoms with Crippen LogP contribution in [0.5, 0.6) is 5.75 Å². The molecule has 0 saturated carbocycles. The molecule has 2 aromatic rings. The van der Waals surface area contributed by atoms with Crippen molar-refractivity contribution in [3.05, 3.63) is 34.8 Å². The van der Waals surface area contributed by atoms with Crippen LogP contribution in [-0.2, 0) is 11.2 Å². The molecule has 7 heteroatoms. The van der Waals surface area contributed by atoms with Gasteiger partial charge in [-0.2, -0.15) is 0 Å². The van der Waals surface area contributed by atoms with Gasteiger partial charge in [0.2, 0.25) is 0 Å². The number of aromatic nitrogens is 1. The summed E-state index contributed by atoms with van der Waals surface area (Å²) in [6, 6.07) is 7.66. The minimum absolute atomic E-state index is 0.306. The van der Waals surface area contributed by atoms with Gasteiger partial charge in [-0.25, -0.2) is 9.78 Å². The quantitative estimate of drug-likeness (QED) is 0.817. The van der Waals surface area contributed by atoms with E-state index < -0.39 is 5.97 Å². The van der Waals surface area contributed by atoms with Crippen molar-refractivity contribution >= 4 is 17.3 Å². The molecule has 0 unspecified atom stereocenters. The number of rotatable bonds is 7. The van der Waals surface area contributed by atoms with E-state index in [0.717, 1.165) is 44.2 Å². The van der Waals surface area contributed by atoms with Crippen LogP contribution in [0.4, 0.5) is 0 Å². The molecule has 1 aromatic carbocycles. The van der Waals surface area contributed by atoms with E-state index >= 15 is 0 Å². The number of benzene rings is 1. The SMILES string of the molecule is CCc1nc(-c2ccccc2OCCN2CCOCC2)sc1C(=O)O. The van der Waals surface area contributed by atoms with Gasteiger partial charge in [-0.05, 0) is 18.6 Å². The summed E-state index contributed by atoms with van der Waals surface area (Å²) in [4.78, 5) is 18.5. The minimum Gasteiger partial charge on any atom is -0.492 e. The van der Waals surface area contributed by atoms with Crippen LogP contribution in [0.15, 0.2) is 24.3 Å². The van der Waals surface area contributed by atoms with Gasteiger partial charge >= 0.3 is 5.97 Å². The van der Waals surface area contributed by atoms with Crippen LogP contribution in [0.3, 0.4) is 0 Å². The van der Waals surface area contributed by atoms with Crippen LogP contribution in [0.1, 0.15) is 22.3 Å². The number of morpholine rings is 1. The first-order valence-electron chi connectivity index (χ1n) is 8.44. The molecular weight excluding hydrogens is 340 g/mol. The Labute approximate surface area is 151 Å². The van der Waals surface area contributed by atoms with E-state index in [2.05, 4.69) is 9.88 Å². The Hall–Kier alpha value is -1.96. The third-order valence-corrected chi connectivity index (χ3v) is 5.23. The highest BCUT2D eigenvalue weighted by Gasteiger charge is 2.19. The molecule has 1 N–H and O–H groups in total. The normalized spacial score (nSPS) is 15.2. The summed E-state index contributed by atoms with van der Waals surface area (Å²) in [5, 5.41) is 10.0. The molecule has 1 aliphatic rings. The number of nitrogens with zero attached hydrogens (tertiary/aromatic N) is 2. The molecule has 1 aromatic heterocycles. The molecule has 1 aliphatic heterocycles. The molecule has 134 valence electrons. The second-order valence-corrected chi connectivity index (χ2v) is 6.75. The summed E-state index contributed by atoms with van der Waals surface area (Å²) in [5.74, 6) is -0.185. The number of hydrogen-bond acceptors (Lipinski definition) is 6. The number of para-hydroxylation sites is 1. The second kappa shape index (κ2) is 8.42. The number of carboxylic acid groups (broad SMARTS) is 1. The van der Waals surface area contributed by atoms with Gasteiger partial charge in [0, 0.05) is 19.6 Å². The molecule has 1 saturated heterocycles. The fraction of sp³-hybridized carbons (Fsp3) is 0.444. The van der Waals surface area contributed by atoms with Gasteiger partial charge in [-0.3, -0.25) is 4.90 Å². The van der Waals surface area contributed by atoms with Gasteiger partial charge in [-0.15, -0.1) is 11.3 Å². The third-order valence-electron chi connectivity index (χ3n) is 4.11. The second-order valence-electron chi connectivity index (χ2n) is 5.75. The maximum atomic E-state index is 11.4. The van der Waals surface area contributed by atoms with Crippen LogP contribution in [0, 0.1) is 0 Å². The van der Waals surface area contributed by atoms with Gasteiger partial charge in [-0.1, -0.05) is 19.1 Å². The van der Waals surface area contributed by atoms with Crippen molar-refractivity contribution in [1.82, 2.24) is 9.88 Å². The predicted octanol–water partition coefficient (Wildman–Crippen LogP) is 2.78. The molecule has 0 amide bonds. The number of ether oxygens (including phenoxy) is 2. The zero-order valence-corrected chi connectivity index (χ0v) is 15.1. The predicted molar refractivity (Wildman–Crippen MR) is 96.6 cm³/mol. The fourth-order valence-corrected chi connectivity index (χ4v) is 3.78. The zero-order chi connectivity index (χ0) is 17.6. The number of carboxylic acids is 1. The molecule has 3 rings (SSSR count). The van der Waals surface area contributed by atoms with E-state index in [1.807, 2.05) is 31.2 Å². The Morgan fingerprint density at radius 1 is 1.36 bits per heavy atom. The van der Waals surface area contributed by atoms with Gasteiger partial charge in [0.15, 0.2) is 0 Å². The average molecular weight is 362 g/mol. The summed E-state index contributed by atoms with van der Waals surface area (Å²) in [7, 11) is 0. The van der Waals surface area contributed by atoms with Crippen LogP contribution >= 0.6 is 11.3 Å². The van der Waals surface area contributed by atoms with Crippen molar-refractivity contribution in [3.63, 3.8) is 0 Å². The minimum atomic E-state index is -0.925. The average Bonchev–Trinajstić information content (AvgIpc) is 3.08. The first kappa shape index (κ1) is 17.8. The Bertz CT molecular complexity index is 726. The van der Waals surface area contributed by atoms with E-state index in [1.54, 1.807) is 0 Å². The molecule has 25 heavy (non-hydrogen) atoms. The molecule has 0 spiro atoms. The van der Waals surface area contributed by atoms with Crippen LogP contribution in [0.25, 0.3) is 10.6 Å². The molecule has 1 fully saturated rings. The van der Waals surface area contributed by atoms with Crippen molar-refractivity contribution in [2.75, 3.05) is 39.5 Å². The maximum absolute atomic E-state index is 11.4. The highest BCUT2D eigenvalue weighted by molar-refractivity contribution is 7.17. The molecule has 0 aliphatic carbocycles. The standard InChI is InChI=1S/C18H22N2O4S/c1-2-14-16(18(21)22)25-17(19-14)13-5-3-4-6-15(13)24-12-9-20-7-10-23-11-8-20/h3-6H,2,7-12H2,1H3,(H,21,22). The highest BCUT2D eigenvalue weighted by atomic mass is 32.1.